The second-order valence-corrected chi connectivity index (χ2v) is 4.00. The van der Waals surface area contributed by atoms with Gasteiger partial charge < -0.3 is 14.2 Å². The molecule has 0 aromatic rings. The zero-order valence-corrected chi connectivity index (χ0v) is 10.4. The minimum absolute atomic E-state index is 0.135. The van der Waals surface area contributed by atoms with Gasteiger partial charge >= 0.3 is 17.9 Å². The Morgan fingerprint density at radius 2 is 2.17 bits per heavy atom. The fourth-order valence-corrected chi connectivity index (χ4v) is 1.38. The summed E-state index contributed by atoms with van der Waals surface area (Å²) in [4.78, 5) is 34.4. The van der Waals surface area contributed by atoms with Gasteiger partial charge in [-0.2, -0.15) is 0 Å². The zero-order chi connectivity index (χ0) is 13.7. The van der Waals surface area contributed by atoms with Crippen LogP contribution in [0.1, 0.15) is 20.3 Å². The van der Waals surface area contributed by atoms with Crippen molar-refractivity contribution in [1.82, 2.24) is 0 Å². The molecule has 1 saturated heterocycles. The van der Waals surface area contributed by atoms with Gasteiger partial charge in [-0.1, -0.05) is 13.5 Å². The van der Waals surface area contributed by atoms with Crippen LogP contribution in [0.15, 0.2) is 12.2 Å². The highest BCUT2D eigenvalue weighted by atomic mass is 16.6. The summed E-state index contributed by atoms with van der Waals surface area (Å²) in [6.45, 7) is 6.80. The van der Waals surface area contributed by atoms with Crippen LogP contribution in [0.3, 0.4) is 0 Å². The van der Waals surface area contributed by atoms with E-state index in [0.717, 1.165) is 0 Å². The van der Waals surface area contributed by atoms with Crippen molar-refractivity contribution in [3.63, 3.8) is 0 Å². The monoisotopic (exact) mass is 256 g/mol. The van der Waals surface area contributed by atoms with E-state index >= 15 is 0 Å². The molecule has 1 aliphatic rings. The highest BCUT2D eigenvalue weighted by Crippen LogP contribution is 2.21. The number of ether oxygens (including phenoxy) is 3. The standard InChI is InChI=1S/C12H16O6/c1-4-5-16-11(14)9-8(6-17-12(9)15)18-10(13)7(2)3/h8-9H,2,4-6H2,1,3H3. The number of hydrogen-bond donors (Lipinski definition) is 0. The molecule has 1 aliphatic heterocycles. The van der Waals surface area contributed by atoms with Crippen molar-refractivity contribution < 1.29 is 28.6 Å². The summed E-state index contributed by atoms with van der Waals surface area (Å²) >= 11 is 0. The van der Waals surface area contributed by atoms with E-state index < -0.39 is 29.9 Å². The first-order valence-corrected chi connectivity index (χ1v) is 5.67. The van der Waals surface area contributed by atoms with Crippen LogP contribution in [0, 0.1) is 5.92 Å². The Morgan fingerprint density at radius 1 is 1.50 bits per heavy atom. The molecule has 1 rings (SSSR count). The third kappa shape index (κ3) is 3.32. The van der Waals surface area contributed by atoms with E-state index in [1.54, 1.807) is 0 Å². The summed E-state index contributed by atoms with van der Waals surface area (Å²) in [5, 5.41) is 0. The maximum absolute atomic E-state index is 11.6. The minimum Gasteiger partial charge on any atom is -0.465 e. The molecule has 0 saturated carbocycles. The summed E-state index contributed by atoms with van der Waals surface area (Å²) in [5.74, 6) is -3.30. The Kier molecular flexibility index (Phi) is 4.88. The minimum atomic E-state index is -1.19. The van der Waals surface area contributed by atoms with Crippen molar-refractivity contribution in [3.05, 3.63) is 12.2 Å². The Morgan fingerprint density at radius 3 is 2.72 bits per heavy atom. The number of hydrogen-bond acceptors (Lipinski definition) is 6. The van der Waals surface area contributed by atoms with Crippen molar-refractivity contribution in [2.45, 2.75) is 26.4 Å². The molecule has 6 heteroatoms. The quantitative estimate of drug-likeness (QED) is 0.310. The fraction of sp³-hybridized carbons (Fsp3) is 0.583. The van der Waals surface area contributed by atoms with Crippen molar-refractivity contribution in [3.8, 4) is 0 Å². The average molecular weight is 256 g/mol. The van der Waals surface area contributed by atoms with Crippen molar-refractivity contribution >= 4 is 17.9 Å². The smallest absolute Gasteiger partial charge is 0.333 e. The number of rotatable bonds is 5. The second-order valence-electron chi connectivity index (χ2n) is 4.00. The summed E-state index contributed by atoms with van der Waals surface area (Å²) in [5.41, 5.74) is 0.190. The molecule has 0 bridgehead atoms. The summed E-state index contributed by atoms with van der Waals surface area (Å²) < 4.78 is 14.5. The number of carbonyl (C=O) groups is 3. The van der Waals surface area contributed by atoms with E-state index in [0.29, 0.717) is 6.42 Å². The van der Waals surface area contributed by atoms with Crippen molar-refractivity contribution in [2.75, 3.05) is 13.2 Å². The van der Waals surface area contributed by atoms with E-state index in [1.165, 1.54) is 6.92 Å². The fourth-order valence-electron chi connectivity index (χ4n) is 1.38. The Bertz CT molecular complexity index is 373. The Hall–Kier alpha value is -1.85. The van der Waals surface area contributed by atoms with Crippen LogP contribution in [0.4, 0.5) is 0 Å². The first kappa shape index (κ1) is 14.2. The third-order valence-corrected chi connectivity index (χ3v) is 2.32. The van der Waals surface area contributed by atoms with Gasteiger partial charge in [0, 0.05) is 5.57 Å². The van der Waals surface area contributed by atoms with Gasteiger partial charge in [0.25, 0.3) is 0 Å². The predicted octanol–water partition coefficient (Wildman–Crippen LogP) is 0.600. The molecule has 0 aromatic heterocycles. The first-order chi connectivity index (χ1) is 8.47. The highest BCUT2D eigenvalue weighted by Gasteiger charge is 2.46. The topological polar surface area (TPSA) is 78.9 Å². The highest BCUT2D eigenvalue weighted by molar-refractivity contribution is 5.97. The number of carbonyl (C=O) groups excluding carboxylic acids is 3. The van der Waals surface area contributed by atoms with Crippen LogP contribution in [0.2, 0.25) is 0 Å². The summed E-state index contributed by atoms with van der Waals surface area (Å²) in [6.07, 6.45) is -0.296. The predicted molar refractivity (Wildman–Crippen MR) is 60.4 cm³/mol. The zero-order valence-electron chi connectivity index (χ0n) is 10.4. The lowest BCUT2D eigenvalue weighted by molar-refractivity contribution is -0.160. The second kappa shape index (κ2) is 6.18. The molecule has 2 atom stereocenters. The van der Waals surface area contributed by atoms with Crippen LogP contribution >= 0.6 is 0 Å². The maximum atomic E-state index is 11.6. The normalized spacial score (nSPS) is 22.2. The Labute approximate surface area is 105 Å². The molecule has 0 radical (unpaired) electrons. The molecule has 1 heterocycles. The molecular formula is C12H16O6. The molecule has 0 N–H and O–H groups in total. The van der Waals surface area contributed by atoms with Gasteiger partial charge in [0.2, 0.25) is 0 Å². The van der Waals surface area contributed by atoms with E-state index in [2.05, 4.69) is 6.58 Å². The molecule has 100 valence electrons. The van der Waals surface area contributed by atoms with Crippen molar-refractivity contribution in [1.29, 1.82) is 0 Å². The molecule has 0 spiro atoms. The van der Waals surface area contributed by atoms with Gasteiger partial charge in [0.15, 0.2) is 12.0 Å². The SMILES string of the molecule is C=C(C)C(=O)OC1COC(=O)C1C(=O)OCCC. The molecule has 18 heavy (non-hydrogen) atoms. The largest absolute Gasteiger partial charge is 0.465 e. The van der Waals surface area contributed by atoms with Crippen LogP contribution in [0.5, 0.6) is 0 Å². The molecular weight excluding hydrogens is 240 g/mol. The maximum Gasteiger partial charge on any atom is 0.333 e. The van der Waals surface area contributed by atoms with Gasteiger partial charge in [-0.25, -0.2) is 4.79 Å². The van der Waals surface area contributed by atoms with Crippen LogP contribution in [-0.4, -0.2) is 37.2 Å². The van der Waals surface area contributed by atoms with Crippen molar-refractivity contribution in [2.24, 2.45) is 5.92 Å². The lowest BCUT2D eigenvalue weighted by Crippen LogP contribution is -2.34. The van der Waals surface area contributed by atoms with Crippen LogP contribution in [-0.2, 0) is 28.6 Å². The van der Waals surface area contributed by atoms with Crippen LogP contribution < -0.4 is 0 Å². The van der Waals surface area contributed by atoms with E-state index in [-0.39, 0.29) is 18.8 Å². The molecule has 2 unspecified atom stereocenters. The molecule has 0 aliphatic carbocycles. The molecule has 0 aromatic carbocycles. The third-order valence-electron chi connectivity index (χ3n) is 2.32. The van der Waals surface area contributed by atoms with Gasteiger partial charge in [-0.15, -0.1) is 0 Å². The molecule has 6 nitrogen and oxygen atoms in total. The Balaban J connectivity index is 2.67. The average Bonchev–Trinajstić information content (AvgIpc) is 2.67. The lowest BCUT2D eigenvalue weighted by atomic mass is 10.1. The number of esters is 3. The lowest BCUT2D eigenvalue weighted by Gasteiger charge is -2.15. The number of cyclic esters (lactones) is 1. The summed E-state index contributed by atoms with van der Waals surface area (Å²) in [7, 11) is 0. The first-order valence-electron chi connectivity index (χ1n) is 5.67. The molecule has 0 amide bonds. The van der Waals surface area contributed by atoms with E-state index in [4.69, 9.17) is 14.2 Å². The van der Waals surface area contributed by atoms with Crippen LogP contribution in [0.25, 0.3) is 0 Å². The van der Waals surface area contributed by atoms with Gasteiger partial charge in [0.05, 0.1) is 6.61 Å². The van der Waals surface area contributed by atoms with Gasteiger partial charge in [0.1, 0.15) is 6.61 Å². The summed E-state index contributed by atoms with van der Waals surface area (Å²) in [6, 6.07) is 0. The van der Waals surface area contributed by atoms with E-state index in [9.17, 15) is 14.4 Å². The van der Waals surface area contributed by atoms with Gasteiger partial charge in [-0.3, -0.25) is 9.59 Å². The molecule has 1 fully saturated rings. The van der Waals surface area contributed by atoms with Gasteiger partial charge in [-0.05, 0) is 13.3 Å². The van der Waals surface area contributed by atoms with E-state index in [1.807, 2.05) is 6.92 Å².